The van der Waals surface area contributed by atoms with Crippen molar-refractivity contribution in [1.29, 1.82) is 0 Å². The summed E-state index contributed by atoms with van der Waals surface area (Å²) in [6.07, 6.45) is 0.566. The predicted molar refractivity (Wildman–Crippen MR) is 62.2 cm³/mol. The zero-order chi connectivity index (χ0) is 10.6. The summed E-state index contributed by atoms with van der Waals surface area (Å²) in [5.74, 6) is 0.466. The van der Waals surface area contributed by atoms with Crippen LogP contribution in [0.1, 0.15) is 20.3 Å². The predicted octanol–water partition coefficient (Wildman–Crippen LogP) is 3.43. The lowest BCUT2D eigenvalue weighted by Gasteiger charge is -2.06. The van der Waals surface area contributed by atoms with Crippen molar-refractivity contribution >= 4 is 27.5 Å². The van der Waals surface area contributed by atoms with Crippen LogP contribution in [0, 0.1) is 5.92 Å². The van der Waals surface area contributed by atoms with Crippen molar-refractivity contribution in [2.75, 3.05) is 5.32 Å². The zero-order valence-electron chi connectivity index (χ0n) is 8.38. The summed E-state index contributed by atoms with van der Waals surface area (Å²) in [5, 5.41) is 2.84. The van der Waals surface area contributed by atoms with Crippen LogP contribution in [0.15, 0.2) is 28.7 Å². The van der Waals surface area contributed by atoms with Gasteiger partial charge in [-0.25, -0.2) is 0 Å². The van der Waals surface area contributed by atoms with Gasteiger partial charge in [0.25, 0.3) is 0 Å². The summed E-state index contributed by atoms with van der Waals surface area (Å²) < 4.78 is 1.01. The van der Waals surface area contributed by atoms with Gasteiger partial charge >= 0.3 is 0 Å². The van der Waals surface area contributed by atoms with Crippen molar-refractivity contribution in [2.24, 2.45) is 5.92 Å². The fourth-order valence-corrected chi connectivity index (χ4v) is 1.38. The normalized spacial score (nSPS) is 10.3. The van der Waals surface area contributed by atoms with Gasteiger partial charge in [-0.05, 0) is 30.2 Å². The Balaban J connectivity index is 2.52. The molecule has 0 saturated carbocycles. The molecule has 0 heterocycles. The number of hydrogen-bond donors (Lipinski definition) is 1. The molecule has 76 valence electrons. The van der Waals surface area contributed by atoms with Gasteiger partial charge < -0.3 is 5.32 Å². The van der Waals surface area contributed by atoms with Crippen LogP contribution in [-0.2, 0) is 4.79 Å². The Kier molecular flexibility index (Phi) is 4.14. The average molecular weight is 256 g/mol. The second-order valence-corrected chi connectivity index (χ2v) is 4.57. The molecule has 1 rings (SSSR count). The first-order chi connectivity index (χ1) is 6.58. The van der Waals surface area contributed by atoms with Crippen LogP contribution in [0.3, 0.4) is 0 Å². The number of rotatable bonds is 3. The van der Waals surface area contributed by atoms with Crippen molar-refractivity contribution < 1.29 is 4.79 Å². The average Bonchev–Trinajstić information content (AvgIpc) is 2.07. The Morgan fingerprint density at radius 1 is 1.36 bits per heavy atom. The van der Waals surface area contributed by atoms with E-state index in [1.165, 1.54) is 0 Å². The highest BCUT2D eigenvalue weighted by Gasteiger charge is 2.04. The first-order valence-electron chi connectivity index (χ1n) is 4.63. The molecule has 1 aromatic rings. The summed E-state index contributed by atoms with van der Waals surface area (Å²) in [6, 6.07) is 7.57. The molecule has 3 heteroatoms. The Morgan fingerprint density at radius 2 is 1.93 bits per heavy atom. The topological polar surface area (TPSA) is 29.1 Å². The molecule has 0 fully saturated rings. The number of nitrogens with one attached hydrogen (secondary N) is 1. The summed E-state index contributed by atoms with van der Waals surface area (Å²) in [4.78, 5) is 11.4. The number of amides is 1. The van der Waals surface area contributed by atoms with Gasteiger partial charge in [-0.3, -0.25) is 4.79 Å². The maximum absolute atomic E-state index is 11.4. The molecule has 0 bridgehead atoms. The smallest absolute Gasteiger partial charge is 0.224 e. The number of carbonyl (C=O) groups is 1. The van der Waals surface area contributed by atoms with Gasteiger partial charge in [0.1, 0.15) is 0 Å². The van der Waals surface area contributed by atoms with Gasteiger partial charge in [0.2, 0.25) is 5.91 Å². The van der Waals surface area contributed by atoms with E-state index in [0.717, 1.165) is 10.2 Å². The summed E-state index contributed by atoms with van der Waals surface area (Å²) in [7, 11) is 0. The maximum atomic E-state index is 11.4. The van der Waals surface area contributed by atoms with Gasteiger partial charge in [-0.1, -0.05) is 29.8 Å². The molecule has 1 N–H and O–H groups in total. The number of hydrogen-bond acceptors (Lipinski definition) is 1. The second kappa shape index (κ2) is 5.15. The molecule has 0 atom stereocenters. The van der Waals surface area contributed by atoms with Gasteiger partial charge in [-0.15, -0.1) is 0 Å². The second-order valence-electron chi connectivity index (χ2n) is 3.65. The largest absolute Gasteiger partial charge is 0.326 e. The number of carbonyl (C=O) groups excluding carboxylic acids is 1. The Bertz CT molecular complexity index is 306. The lowest BCUT2D eigenvalue weighted by Crippen LogP contribution is -2.13. The highest BCUT2D eigenvalue weighted by atomic mass is 79.9. The lowest BCUT2D eigenvalue weighted by atomic mass is 10.1. The van der Waals surface area contributed by atoms with Crippen LogP contribution in [0.2, 0.25) is 0 Å². The highest BCUT2D eigenvalue weighted by molar-refractivity contribution is 9.10. The molecule has 1 aromatic carbocycles. The molecule has 0 radical (unpaired) electrons. The van der Waals surface area contributed by atoms with Crippen LogP contribution >= 0.6 is 15.9 Å². The third-order valence-electron chi connectivity index (χ3n) is 1.72. The quantitative estimate of drug-likeness (QED) is 0.881. The standard InChI is InChI=1S/C11H14BrNO/c1-8(2)7-11(14)13-10-5-3-9(12)4-6-10/h3-6,8H,7H2,1-2H3,(H,13,14). The summed E-state index contributed by atoms with van der Waals surface area (Å²) in [5.41, 5.74) is 0.846. The molecule has 0 unspecified atom stereocenters. The Labute approximate surface area is 92.8 Å². The monoisotopic (exact) mass is 255 g/mol. The fraction of sp³-hybridized carbons (Fsp3) is 0.364. The van der Waals surface area contributed by atoms with E-state index in [2.05, 4.69) is 21.2 Å². The van der Waals surface area contributed by atoms with Gasteiger partial charge in [0.05, 0.1) is 0 Å². The molecule has 2 nitrogen and oxygen atoms in total. The first-order valence-corrected chi connectivity index (χ1v) is 5.42. The maximum Gasteiger partial charge on any atom is 0.224 e. The molecule has 1 amide bonds. The Hall–Kier alpha value is -0.830. The Morgan fingerprint density at radius 3 is 2.43 bits per heavy atom. The number of benzene rings is 1. The molecule has 0 aromatic heterocycles. The highest BCUT2D eigenvalue weighted by Crippen LogP contribution is 2.14. The van der Waals surface area contributed by atoms with Crippen LogP contribution in [0.4, 0.5) is 5.69 Å². The molecule has 0 aliphatic carbocycles. The minimum Gasteiger partial charge on any atom is -0.326 e. The summed E-state index contributed by atoms with van der Waals surface area (Å²) in [6.45, 7) is 4.06. The van der Waals surface area contributed by atoms with E-state index >= 15 is 0 Å². The van der Waals surface area contributed by atoms with Crippen molar-refractivity contribution in [2.45, 2.75) is 20.3 Å². The molecule has 0 aliphatic heterocycles. The molecule has 0 spiro atoms. The fourth-order valence-electron chi connectivity index (χ4n) is 1.12. The zero-order valence-corrected chi connectivity index (χ0v) is 9.97. The molecule has 14 heavy (non-hydrogen) atoms. The van der Waals surface area contributed by atoms with Crippen LogP contribution in [0.25, 0.3) is 0 Å². The van der Waals surface area contributed by atoms with E-state index in [-0.39, 0.29) is 5.91 Å². The van der Waals surface area contributed by atoms with E-state index in [0.29, 0.717) is 12.3 Å². The van der Waals surface area contributed by atoms with Crippen molar-refractivity contribution in [3.8, 4) is 0 Å². The van der Waals surface area contributed by atoms with Crippen LogP contribution in [0.5, 0.6) is 0 Å². The van der Waals surface area contributed by atoms with Gasteiger partial charge in [0.15, 0.2) is 0 Å². The molecule has 0 aliphatic rings. The molecular formula is C11H14BrNO. The van der Waals surface area contributed by atoms with Crippen LogP contribution < -0.4 is 5.32 Å². The van der Waals surface area contributed by atoms with Crippen molar-refractivity contribution in [3.05, 3.63) is 28.7 Å². The minimum atomic E-state index is 0.0716. The van der Waals surface area contributed by atoms with Crippen molar-refractivity contribution in [3.63, 3.8) is 0 Å². The third kappa shape index (κ3) is 3.92. The minimum absolute atomic E-state index is 0.0716. The third-order valence-corrected chi connectivity index (χ3v) is 2.25. The van der Waals surface area contributed by atoms with Crippen molar-refractivity contribution in [1.82, 2.24) is 0 Å². The SMILES string of the molecule is CC(C)CC(=O)Nc1ccc(Br)cc1. The van der Waals surface area contributed by atoms with E-state index < -0.39 is 0 Å². The first kappa shape index (κ1) is 11.2. The van der Waals surface area contributed by atoms with E-state index in [1.54, 1.807) is 0 Å². The number of anilines is 1. The number of halogens is 1. The van der Waals surface area contributed by atoms with E-state index in [4.69, 9.17) is 0 Å². The molecular weight excluding hydrogens is 242 g/mol. The van der Waals surface area contributed by atoms with E-state index in [1.807, 2.05) is 38.1 Å². The molecule has 0 saturated heterocycles. The van der Waals surface area contributed by atoms with Crippen LogP contribution in [-0.4, -0.2) is 5.91 Å². The van der Waals surface area contributed by atoms with E-state index in [9.17, 15) is 4.79 Å². The lowest BCUT2D eigenvalue weighted by molar-refractivity contribution is -0.116. The van der Waals surface area contributed by atoms with Gasteiger partial charge in [0, 0.05) is 16.6 Å². The van der Waals surface area contributed by atoms with Gasteiger partial charge in [-0.2, -0.15) is 0 Å². The summed E-state index contributed by atoms with van der Waals surface area (Å²) >= 11 is 3.34.